The Hall–Kier alpha value is -3.52. The number of aromatic nitrogens is 3. The highest BCUT2D eigenvalue weighted by Gasteiger charge is 2.28. The van der Waals surface area contributed by atoms with Gasteiger partial charge in [-0.05, 0) is 55.5 Å². The SMILES string of the molecule is Cc1nn(C)c2nc(C3CC3)cc(C(=O)Nc3cccc(NC(=O)c4cccs4)c3)c12. The summed E-state index contributed by atoms with van der Waals surface area (Å²) in [6, 6.07) is 12.6. The lowest BCUT2D eigenvalue weighted by Gasteiger charge is -2.10. The van der Waals surface area contributed by atoms with E-state index in [2.05, 4.69) is 15.7 Å². The van der Waals surface area contributed by atoms with Gasteiger partial charge in [-0.1, -0.05) is 12.1 Å². The van der Waals surface area contributed by atoms with E-state index in [1.54, 1.807) is 35.0 Å². The van der Waals surface area contributed by atoms with Crippen molar-refractivity contribution in [3.8, 4) is 0 Å². The molecule has 2 amide bonds. The van der Waals surface area contributed by atoms with Gasteiger partial charge in [0.25, 0.3) is 11.8 Å². The van der Waals surface area contributed by atoms with Crippen LogP contribution in [0, 0.1) is 6.92 Å². The third-order valence-electron chi connectivity index (χ3n) is 5.35. The molecule has 0 saturated heterocycles. The van der Waals surface area contributed by atoms with Crippen molar-refractivity contribution < 1.29 is 9.59 Å². The number of nitrogens with one attached hydrogen (secondary N) is 2. The molecular formula is C23H21N5O2S. The molecule has 0 spiro atoms. The summed E-state index contributed by atoms with van der Waals surface area (Å²) in [4.78, 5) is 30.9. The molecule has 31 heavy (non-hydrogen) atoms. The average Bonchev–Trinajstić information content (AvgIpc) is 3.37. The number of rotatable bonds is 5. The molecule has 3 aromatic heterocycles. The molecule has 0 atom stereocenters. The minimum absolute atomic E-state index is 0.172. The standard InChI is InChI=1S/C23H21N5O2S/c1-13-20-17(12-18(14-8-9-14)26-21(20)28(2)27-13)22(29)24-15-5-3-6-16(11-15)25-23(30)19-7-4-10-31-19/h3-7,10-12,14H,8-9H2,1-2H3,(H,24,29)(H,25,30). The van der Waals surface area contributed by atoms with Crippen LogP contribution in [0.2, 0.25) is 0 Å². The first-order chi connectivity index (χ1) is 15.0. The topological polar surface area (TPSA) is 88.9 Å². The molecule has 3 heterocycles. The van der Waals surface area contributed by atoms with Crippen LogP contribution >= 0.6 is 11.3 Å². The van der Waals surface area contributed by atoms with Gasteiger partial charge < -0.3 is 10.6 Å². The molecule has 1 aliphatic rings. The Morgan fingerprint density at radius 1 is 1.06 bits per heavy atom. The van der Waals surface area contributed by atoms with Gasteiger partial charge in [0.15, 0.2) is 5.65 Å². The van der Waals surface area contributed by atoms with Gasteiger partial charge in [-0.25, -0.2) is 4.98 Å². The Balaban J connectivity index is 1.43. The predicted molar refractivity (Wildman–Crippen MR) is 122 cm³/mol. The number of benzene rings is 1. The maximum atomic E-state index is 13.2. The molecule has 8 heteroatoms. The zero-order chi connectivity index (χ0) is 21.5. The third-order valence-corrected chi connectivity index (χ3v) is 6.22. The summed E-state index contributed by atoms with van der Waals surface area (Å²) in [5.41, 5.74) is 4.24. The highest BCUT2D eigenvalue weighted by Crippen LogP contribution is 2.40. The molecule has 1 aliphatic carbocycles. The van der Waals surface area contributed by atoms with Crippen molar-refractivity contribution in [2.45, 2.75) is 25.7 Å². The summed E-state index contributed by atoms with van der Waals surface area (Å²) in [7, 11) is 1.85. The number of anilines is 2. The molecule has 1 fully saturated rings. The number of pyridine rings is 1. The number of carbonyl (C=O) groups excluding carboxylic acids is 2. The number of aryl methyl sites for hydroxylation is 2. The summed E-state index contributed by atoms with van der Waals surface area (Å²) >= 11 is 1.38. The van der Waals surface area contributed by atoms with E-state index in [0.717, 1.165) is 35.3 Å². The number of hydrogen-bond acceptors (Lipinski definition) is 5. The fourth-order valence-electron chi connectivity index (χ4n) is 3.71. The first kappa shape index (κ1) is 19.4. The maximum absolute atomic E-state index is 13.2. The number of thiophene rings is 1. The summed E-state index contributed by atoms with van der Waals surface area (Å²) in [5, 5.41) is 12.9. The number of amides is 2. The van der Waals surface area contributed by atoms with Crippen LogP contribution in [0.5, 0.6) is 0 Å². The van der Waals surface area contributed by atoms with Crippen LogP contribution in [0.15, 0.2) is 47.8 Å². The zero-order valence-corrected chi connectivity index (χ0v) is 18.0. The van der Waals surface area contributed by atoms with Crippen LogP contribution in [-0.2, 0) is 7.05 Å². The smallest absolute Gasteiger partial charge is 0.265 e. The quantitative estimate of drug-likeness (QED) is 0.478. The predicted octanol–water partition coefficient (Wildman–Crippen LogP) is 4.72. The summed E-state index contributed by atoms with van der Waals surface area (Å²) in [6.45, 7) is 1.89. The molecular weight excluding hydrogens is 410 g/mol. The van der Waals surface area contributed by atoms with Crippen molar-refractivity contribution in [1.29, 1.82) is 0 Å². The lowest BCUT2D eigenvalue weighted by Crippen LogP contribution is -2.14. The van der Waals surface area contributed by atoms with Gasteiger partial charge in [-0.15, -0.1) is 11.3 Å². The molecule has 1 aromatic carbocycles. The van der Waals surface area contributed by atoms with Crippen molar-refractivity contribution in [2.75, 3.05) is 10.6 Å². The lowest BCUT2D eigenvalue weighted by atomic mass is 10.1. The molecule has 0 radical (unpaired) electrons. The van der Waals surface area contributed by atoms with Crippen molar-refractivity contribution >= 4 is 45.6 Å². The van der Waals surface area contributed by atoms with E-state index in [0.29, 0.717) is 27.7 Å². The molecule has 1 saturated carbocycles. The lowest BCUT2D eigenvalue weighted by molar-refractivity contribution is 0.102. The largest absolute Gasteiger partial charge is 0.322 e. The molecule has 4 aromatic rings. The second kappa shape index (κ2) is 7.63. The summed E-state index contributed by atoms with van der Waals surface area (Å²) in [6.07, 6.45) is 2.20. The fraction of sp³-hybridized carbons (Fsp3) is 0.217. The average molecular weight is 432 g/mol. The van der Waals surface area contributed by atoms with Crippen LogP contribution < -0.4 is 10.6 Å². The number of hydrogen-bond donors (Lipinski definition) is 2. The minimum atomic E-state index is -0.216. The van der Waals surface area contributed by atoms with Crippen LogP contribution in [-0.4, -0.2) is 26.6 Å². The molecule has 5 rings (SSSR count). The second-order valence-electron chi connectivity index (χ2n) is 7.74. The van der Waals surface area contributed by atoms with Gasteiger partial charge in [-0.3, -0.25) is 14.3 Å². The van der Waals surface area contributed by atoms with Gasteiger partial charge in [0.1, 0.15) is 0 Å². The Morgan fingerprint density at radius 2 is 1.81 bits per heavy atom. The van der Waals surface area contributed by atoms with Gasteiger partial charge in [-0.2, -0.15) is 5.10 Å². The van der Waals surface area contributed by atoms with E-state index < -0.39 is 0 Å². The molecule has 0 aliphatic heterocycles. The summed E-state index contributed by atoms with van der Waals surface area (Å²) < 4.78 is 1.73. The number of carbonyl (C=O) groups is 2. The normalized spacial score (nSPS) is 13.4. The van der Waals surface area contributed by atoms with Crippen LogP contribution in [0.3, 0.4) is 0 Å². The van der Waals surface area contributed by atoms with E-state index in [-0.39, 0.29) is 11.8 Å². The maximum Gasteiger partial charge on any atom is 0.265 e. The van der Waals surface area contributed by atoms with Gasteiger partial charge in [0.2, 0.25) is 0 Å². The van der Waals surface area contributed by atoms with E-state index >= 15 is 0 Å². The van der Waals surface area contributed by atoms with Crippen LogP contribution in [0.1, 0.15) is 50.2 Å². The Kier molecular flexibility index (Phi) is 4.78. The number of fused-ring (bicyclic) bond motifs is 1. The third kappa shape index (κ3) is 3.82. The first-order valence-corrected chi connectivity index (χ1v) is 11.0. The van der Waals surface area contributed by atoms with Crippen LogP contribution in [0.4, 0.5) is 11.4 Å². The van der Waals surface area contributed by atoms with E-state index in [1.807, 2.05) is 31.5 Å². The van der Waals surface area contributed by atoms with Crippen LogP contribution in [0.25, 0.3) is 11.0 Å². The van der Waals surface area contributed by atoms with E-state index in [4.69, 9.17) is 4.98 Å². The summed E-state index contributed by atoms with van der Waals surface area (Å²) in [5.74, 6) is 0.0310. The number of nitrogens with zero attached hydrogens (tertiary/aromatic N) is 3. The molecule has 7 nitrogen and oxygen atoms in total. The van der Waals surface area contributed by atoms with Gasteiger partial charge in [0.05, 0.1) is 21.5 Å². The van der Waals surface area contributed by atoms with Gasteiger partial charge in [0, 0.05) is 30.0 Å². The van der Waals surface area contributed by atoms with Crippen molar-refractivity contribution in [1.82, 2.24) is 14.8 Å². The van der Waals surface area contributed by atoms with E-state index in [1.165, 1.54) is 11.3 Å². The Labute approximate surface area is 183 Å². The fourth-order valence-corrected chi connectivity index (χ4v) is 4.32. The second-order valence-corrected chi connectivity index (χ2v) is 8.69. The van der Waals surface area contributed by atoms with E-state index in [9.17, 15) is 9.59 Å². The molecule has 2 N–H and O–H groups in total. The van der Waals surface area contributed by atoms with Crippen molar-refractivity contribution in [3.63, 3.8) is 0 Å². The Morgan fingerprint density at radius 3 is 2.48 bits per heavy atom. The van der Waals surface area contributed by atoms with Crippen molar-refractivity contribution in [3.05, 3.63) is 69.7 Å². The Bertz CT molecular complexity index is 1310. The monoisotopic (exact) mass is 431 g/mol. The van der Waals surface area contributed by atoms with Gasteiger partial charge >= 0.3 is 0 Å². The van der Waals surface area contributed by atoms with Crippen molar-refractivity contribution in [2.24, 2.45) is 7.05 Å². The highest BCUT2D eigenvalue weighted by molar-refractivity contribution is 7.12. The first-order valence-electron chi connectivity index (χ1n) is 10.1. The zero-order valence-electron chi connectivity index (χ0n) is 17.2. The highest BCUT2D eigenvalue weighted by atomic mass is 32.1. The molecule has 0 bridgehead atoms. The minimum Gasteiger partial charge on any atom is -0.322 e. The molecule has 156 valence electrons. The molecule has 0 unspecified atom stereocenters.